The van der Waals surface area contributed by atoms with Gasteiger partial charge in [-0.25, -0.2) is 0 Å². The van der Waals surface area contributed by atoms with Crippen LogP contribution < -0.4 is 0 Å². The molecule has 146 valence electrons. The Morgan fingerprint density at radius 2 is 1.60 bits per heavy atom. The highest BCUT2D eigenvalue weighted by Gasteiger charge is 2.57. The second kappa shape index (κ2) is 10.7. The summed E-state index contributed by atoms with van der Waals surface area (Å²) in [7, 11) is 0. The quantitative estimate of drug-likeness (QED) is 0.414. The Morgan fingerprint density at radius 1 is 1.00 bits per heavy atom. The van der Waals surface area contributed by atoms with E-state index in [1.807, 2.05) is 6.92 Å². The van der Waals surface area contributed by atoms with E-state index >= 15 is 0 Å². The van der Waals surface area contributed by atoms with Crippen LogP contribution in [0.5, 0.6) is 0 Å². The van der Waals surface area contributed by atoms with Gasteiger partial charge in [-0.1, -0.05) is 26.7 Å². The van der Waals surface area contributed by atoms with E-state index in [2.05, 4.69) is 13.8 Å². The Balaban J connectivity index is 2.91. The van der Waals surface area contributed by atoms with Gasteiger partial charge < -0.3 is 23.7 Å². The molecule has 1 unspecified atom stereocenters. The number of carbonyl (C=O) groups is 2. The molecule has 0 aromatic carbocycles. The Kier molecular flexibility index (Phi) is 9.38. The van der Waals surface area contributed by atoms with Gasteiger partial charge in [0.2, 0.25) is 6.29 Å². The predicted molar refractivity (Wildman–Crippen MR) is 91.0 cm³/mol. The first-order valence-corrected chi connectivity index (χ1v) is 9.05. The van der Waals surface area contributed by atoms with Gasteiger partial charge in [0, 0.05) is 27.1 Å². The Morgan fingerprint density at radius 3 is 2.16 bits per heavy atom. The fourth-order valence-corrected chi connectivity index (χ4v) is 2.72. The molecule has 1 heterocycles. The van der Waals surface area contributed by atoms with E-state index < -0.39 is 36.0 Å². The van der Waals surface area contributed by atoms with E-state index in [9.17, 15) is 9.59 Å². The van der Waals surface area contributed by atoms with Gasteiger partial charge in [0.05, 0.1) is 6.61 Å². The second-order valence-corrected chi connectivity index (χ2v) is 6.53. The van der Waals surface area contributed by atoms with Gasteiger partial charge in [-0.15, -0.1) is 0 Å². The third-order valence-electron chi connectivity index (χ3n) is 3.96. The molecule has 1 aliphatic rings. The summed E-state index contributed by atoms with van der Waals surface area (Å²) in [6, 6.07) is 0. The molecule has 1 aliphatic heterocycles. The van der Waals surface area contributed by atoms with Crippen molar-refractivity contribution in [3.63, 3.8) is 0 Å². The maximum Gasteiger partial charge on any atom is 0.305 e. The summed E-state index contributed by atoms with van der Waals surface area (Å²) in [4.78, 5) is 22.9. The molecule has 0 radical (unpaired) electrons. The zero-order valence-electron chi connectivity index (χ0n) is 16.0. The van der Waals surface area contributed by atoms with Crippen LogP contribution in [0.15, 0.2) is 0 Å². The molecule has 7 nitrogen and oxygen atoms in total. The number of esters is 2. The highest BCUT2D eigenvalue weighted by Crippen LogP contribution is 2.36. The molecule has 0 aliphatic carbocycles. The standard InChI is InChI=1S/C18H32O7/c1-6-8-10-21-12-18(5)16(22-11-9-7-2)15(23-13(3)19)17(25-18)24-14(4)20/h15-17H,6-12H2,1-5H3/t15-,16?,17+,18+/m0/s1. The number of unbranched alkanes of at least 4 members (excludes halogenated alkanes) is 2. The molecule has 0 N–H and O–H groups in total. The first-order valence-electron chi connectivity index (χ1n) is 9.05. The lowest BCUT2D eigenvalue weighted by atomic mass is 9.98. The first-order chi connectivity index (χ1) is 11.8. The van der Waals surface area contributed by atoms with E-state index in [4.69, 9.17) is 23.7 Å². The smallest absolute Gasteiger partial charge is 0.305 e. The van der Waals surface area contributed by atoms with E-state index in [0.717, 1.165) is 25.7 Å². The average Bonchev–Trinajstić information content (AvgIpc) is 2.76. The maximum absolute atomic E-state index is 11.5. The topological polar surface area (TPSA) is 80.3 Å². The summed E-state index contributed by atoms with van der Waals surface area (Å²) in [6.07, 6.45) is 1.41. The van der Waals surface area contributed by atoms with Crippen molar-refractivity contribution in [1.82, 2.24) is 0 Å². The summed E-state index contributed by atoms with van der Waals surface area (Å²) >= 11 is 0. The largest absolute Gasteiger partial charge is 0.453 e. The molecule has 1 saturated heterocycles. The molecule has 1 rings (SSSR count). The second-order valence-electron chi connectivity index (χ2n) is 6.53. The van der Waals surface area contributed by atoms with Crippen molar-refractivity contribution in [2.24, 2.45) is 0 Å². The van der Waals surface area contributed by atoms with Crippen molar-refractivity contribution in [1.29, 1.82) is 0 Å². The Labute approximate surface area is 150 Å². The van der Waals surface area contributed by atoms with Crippen LogP contribution in [0.4, 0.5) is 0 Å². The van der Waals surface area contributed by atoms with Gasteiger partial charge in [-0.3, -0.25) is 9.59 Å². The van der Waals surface area contributed by atoms with Crippen molar-refractivity contribution >= 4 is 11.9 Å². The van der Waals surface area contributed by atoms with Crippen molar-refractivity contribution < 1.29 is 33.3 Å². The lowest BCUT2D eigenvalue weighted by Gasteiger charge is -2.30. The van der Waals surface area contributed by atoms with Crippen LogP contribution in [0.25, 0.3) is 0 Å². The van der Waals surface area contributed by atoms with Crippen LogP contribution in [0.3, 0.4) is 0 Å². The number of carbonyl (C=O) groups excluding carboxylic acids is 2. The zero-order valence-corrected chi connectivity index (χ0v) is 16.0. The normalized spacial score (nSPS) is 28.8. The fraction of sp³-hybridized carbons (Fsp3) is 0.889. The predicted octanol–water partition coefficient (Wildman–Crippen LogP) is 2.60. The van der Waals surface area contributed by atoms with Crippen molar-refractivity contribution in [2.75, 3.05) is 19.8 Å². The van der Waals surface area contributed by atoms with Gasteiger partial charge >= 0.3 is 11.9 Å². The minimum absolute atomic E-state index is 0.263. The highest BCUT2D eigenvalue weighted by molar-refractivity contribution is 5.67. The molecule has 7 heteroatoms. The van der Waals surface area contributed by atoms with Crippen LogP contribution in [0.1, 0.15) is 60.3 Å². The van der Waals surface area contributed by atoms with Gasteiger partial charge in [-0.2, -0.15) is 0 Å². The summed E-state index contributed by atoms with van der Waals surface area (Å²) < 4.78 is 28.2. The van der Waals surface area contributed by atoms with Gasteiger partial charge in [0.25, 0.3) is 0 Å². The first kappa shape index (κ1) is 21.9. The van der Waals surface area contributed by atoms with Crippen LogP contribution in [-0.4, -0.2) is 55.9 Å². The Hall–Kier alpha value is -1.18. The Bertz CT molecular complexity index is 426. The van der Waals surface area contributed by atoms with Gasteiger partial charge in [0.1, 0.15) is 11.7 Å². The molecule has 0 spiro atoms. The number of rotatable bonds is 11. The van der Waals surface area contributed by atoms with E-state index in [0.29, 0.717) is 13.2 Å². The zero-order chi connectivity index (χ0) is 18.9. The molecule has 0 bridgehead atoms. The van der Waals surface area contributed by atoms with Crippen molar-refractivity contribution in [3.05, 3.63) is 0 Å². The molecular weight excluding hydrogens is 328 g/mol. The molecule has 1 fully saturated rings. The number of ether oxygens (including phenoxy) is 5. The molecular formula is C18H32O7. The van der Waals surface area contributed by atoms with E-state index in [1.54, 1.807) is 0 Å². The third-order valence-corrected chi connectivity index (χ3v) is 3.96. The third kappa shape index (κ3) is 6.92. The molecule has 0 amide bonds. The van der Waals surface area contributed by atoms with Gasteiger partial charge in [0.15, 0.2) is 6.10 Å². The lowest BCUT2D eigenvalue weighted by molar-refractivity contribution is -0.208. The van der Waals surface area contributed by atoms with Crippen LogP contribution >= 0.6 is 0 Å². The monoisotopic (exact) mass is 360 g/mol. The summed E-state index contributed by atoms with van der Waals surface area (Å²) in [5.74, 6) is -0.989. The van der Waals surface area contributed by atoms with Crippen molar-refractivity contribution in [3.8, 4) is 0 Å². The van der Waals surface area contributed by atoms with E-state index in [1.165, 1.54) is 13.8 Å². The molecule has 0 aromatic rings. The van der Waals surface area contributed by atoms with Crippen LogP contribution in [0, 0.1) is 0 Å². The van der Waals surface area contributed by atoms with Gasteiger partial charge in [-0.05, 0) is 19.8 Å². The summed E-state index contributed by atoms with van der Waals surface area (Å²) in [5.41, 5.74) is -0.873. The van der Waals surface area contributed by atoms with E-state index in [-0.39, 0.29) is 6.61 Å². The highest BCUT2D eigenvalue weighted by atomic mass is 16.8. The fourth-order valence-electron chi connectivity index (χ4n) is 2.72. The summed E-state index contributed by atoms with van der Waals surface area (Å²) in [5, 5.41) is 0. The molecule has 4 atom stereocenters. The number of hydrogen-bond donors (Lipinski definition) is 0. The lowest BCUT2D eigenvalue weighted by Crippen LogP contribution is -2.47. The minimum atomic E-state index is -1.01. The molecule has 0 aromatic heterocycles. The molecule has 0 saturated carbocycles. The maximum atomic E-state index is 11.5. The van der Waals surface area contributed by atoms with Crippen LogP contribution in [-0.2, 0) is 33.3 Å². The average molecular weight is 360 g/mol. The molecule has 25 heavy (non-hydrogen) atoms. The number of hydrogen-bond acceptors (Lipinski definition) is 7. The minimum Gasteiger partial charge on any atom is -0.453 e. The van der Waals surface area contributed by atoms with Crippen molar-refractivity contribution in [2.45, 2.75) is 84.4 Å². The summed E-state index contributed by atoms with van der Waals surface area (Å²) in [6.45, 7) is 9.94. The van der Waals surface area contributed by atoms with Crippen LogP contribution in [0.2, 0.25) is 0 Å². The SMILES string of the molecule is CCCCOC[C@@]1(C)O[C@@H](OC(C)=O)[C@@H](OC(C)=O)C1OCCCC.